The first kappa shape index (κ1) is 12.6. The second kappa shape index (κ2) is 4.77. The molecule has 6 heteroatoms. The number of nitrogens with one attached hydrogen (secondary N) is 1. The van der Waals surface area contributed by atoms with Crippen LogP contribution in [0.3, 0.4) is 0 Å². The lowest BCUT2D eigenvalue weighted by Gasteiger charge is -2.42. The highest BCUT2D eigenvalue weighted by Gasteiger charge is 2.36. The molecule has 0 radical (unpaired) electrons. The molecule has 17 heavy (non-hydrogen) atoms. The average Bonchev–Trinajstić information content (AvgIpc) is 2.25. The first-order valence-electron chi connectivity index (χ1n) is 5.39. The molecule has 92 valence electrons. The predicted octanol–water partition coefficient (Wildman–Crippen LogP) is 2.53. The maximum atomic E-state index is 10.6. The van der Waals surface area contributed by atoms with Gasteiger partial charge in [0.25, 0.3) is 5.69 Å². The Morgan fingerprint density at radius 1 is 1.53 bits per heavy atom. The van der Waals surface area contributed by atoms with Crippen LogP contribution in [0.25, 0.3) is 0 Å². The summed E-state index contributed by atoms with van der Waals surface area (Å²) in [5.74, 6) is 0. The zero-order chi connectivity index (χ0) is 12.5. The number of anilines is 1. The fourth-order valence-electron chi connectivity index (χ4n) is 1.93. The van der Waals surface area contributed by atoms with Crippen molar-refractivity contribution in [3.8, 4) is 0 Å². The summed E-state index contributed by atoms with van der Waals surface area (Å²) in [5, 5.41) is 23.3. The molecule has 1 saturated carbocycles. The van der Waals surface area contributed by atoms with Gasteiger partial charge in [-0.1, -0.05) is 0 Å². The molecule has 1 aliphatic rings. The smallest absolute Gasteiger partial charge is 0.270 e. The van der Waals surface area contributed by atoms with E-state index >= 15 is 0 Å². The summed E-state index contributed by atoms with van der Waals surface area (Å²) in [4.78, 5) is 10.2. The molecule has 0 heterocycles. The van der Waals surface area contributed by atoms with Gasteiger partial charge in [-0.25, -0.2) is 0 Å². The summed E-state index contributed by atoms with van der Waals surface area (Å²) >= 11 is 2.07. The SMILES string of the molecule is O=[N+]([O-])c1ccc(NC2(CO)CCC2)c(I)c1. The standard InChI is InChI=1S/C11H13IN2O3/c12-9-6-8(14(16)17)2-3-10(9)13-11(7-15)4-1-5-11/h2-3,6,13,15H,1,4-5,7H2. The van der Waals surface area contributed by atoms with Crippen LogP contribution in [0, 0.1) is 13.7 Å². The van der Waals surface area contributed by atoms with Crippen molar-refractivity contribution < 1.29 is 10.0 Å². The molecular formula is C11H13IN2O3. The minimum Gasteiger partial charge on any atom is -0.394 e. The summed E-state index contributed by atoms with van der Waals surface area (Å²) in [5.41, 5.74) is 0.715. The molecule has 1 aromatic carbocycles. The van der Waals surface area contributed by atoms with Gasteiger partial charge in [-0.3, -0.25) is 10.1 Å². The first-order chi connectivity index (χ1) is 8.06. The van der Waals surface area contributed by atoms with Crippen LogP contribution in [0.1, 0.15) is 19.3 Å². The monoisotopic (exact) mass is 348 g/mol. The normalized spacial score (nSPS) is 17.3. The van der Waals surface area contributed by atoms with Gasteiger partial charge >= 0.3 is 0 Å². The molecule has 0 amide bonds. The van der Waals surface area contributed by atoms with E-state index in [9.17, 15) is 15.2 Å². The lowest BCUT2D eigenvalue weighted by molar-refractivity contribution is -0.384. The molecule has 2 N–H and O–H groups in total. The van der Waals surface area contributed by atoms with Gasteiger partial charge in [0.2, 0.25) is 0 Å². The van der Waals surface area contributed by atoms with Crippen LogP contribution < -0.4 is 5.32 Å². The summed E-state index contributed by atoms with van der Waals surface area (Å²) < 4.78 is 0.802. The number of rotatable bonds is 4. The van der Waals surface area contributed by atoms with E-state index in [2.05, 4.69) is 27.9 Å². The van der Waals surface area contributed by atoms with Gasteiger partial charge in [0.15, 0.2) is 0 Å². The fourth-order valence-corrected chi connectivity index (χ4v) is 2.56. The summed E-state index contributed by atoms with van der Waals surface area (Å²) in [7, 11) is 0. The van der Waals surface area contributed by atoms with E-state index < -0.39 is 4.92 Å². The molecule has 0 aliphatic heterocycles. The number of nitro benzene ring substituents is 1. The molecule has 0 unspecified atom stereocenters. The van der Waals surface area contributed by atoms with Crippen LogP contribution in [0.4, 0.5) is 11.4 Å². The molecule has 2 rings (SSSR count). The molecule has 0 saturated heterocycles. The highest BCUT2D eigenvalue weighted by Crippen LogP contribution is 2.36. The number of benzene rings is 1. The van der Waals surface area contributed by atoms with Crippen LogP contribution in [0.5, 0.6) is 0 Å². The zero-order valence-electron chi connectivity index (χ0n) is 9.15. The van der Waals surface area contributed by atoms with Gasteiger partial charge in [-0.15, -0.1) is 0 Å². The van der Waals surface area contributed by atoms with Crippen molar-refractivity contribution in [2.75, 3.05) is 11.9 Å². The number of hydrogen-bond donors (Lipinski definition) is 2. The first-order valence-corrected chi connectivity index (χ1v) is 6.47. The van der Waals surface area contributed by atoms with Gasteiger partial charge in [-0.05, 0) is 47.9 Å². The van der Waals surface area contributed by atoms with E-state index in [0.717, 1.165) is 28.5 Å². The zero-order valence-corrected chi connectivity index (χ0v) is 11.3. The maximum absolute atomic E-state index is 10.6. The van der Waals surface area contributed by atoms with Crippen LogP contribution in [-0.2, 0) is 0 Å². The minimum atomic E-state index is -0.406. The van der Waals surface area contributed by atoms with E-state index in [1.165, 1.54) is 12.1 Å². The Bertz CT molecular complexity index is 441. The van der Waals surface area contributed by atoms with Crippen LogP contribution in [-0.4, -0.2) is 22.2 Å². The van der Waals surface area contributed by atoms with Crippen molar-refractivity contribution in [2.45, 2.75) is 24.8 Å². The number of aliphatic hydroxyl groups is 1. The molecular weight excluding hydrogens is 335 g/mol. The molecule has 5 nitrogen and oxygen atoms in total. The number of nitrogens with zero attached hydrogens (tertiary/aromatic N) is 1. The van der Waals surface area contributed by atoms with Crippen molar-refractivity contribution in [2.24, 2.45) is 0 Å². The Morgan fingerprint density at radius 3 is 2.65 bits per heavy atom. The average molecular weight is 348 g/mol. The van der Waals surface area contributed by atoms with Crippen LogP contribution in [0.15, 0.2) is 18.2 Å². The highest BCUT2D eigenvalue weighted by atomic mass is 127. The Balaban J connectivity index is 2.19. The molecule has 0 atom stereocenters. The van der Waals surface area contributed by atoms with Gasteiger partial charge in [0.1, 0.15) is 0 Å². The van der Waals surface area contributed by atoms with E-state index in [1.54, 1.807) is 6.07 Å². The second-order valence-corrected chi connectivity index (χ2v) is 5.50. The minimum absolute atomic E-state index is 0.0895. The van der Waals surface area contributed by atoms with Gasteiger partial charge in [-0.2, -0.15) is 0 Å². The lowest BCUT2D eigenvalue weighted by atomic mass is 9.77. The summed E-state index contributed by atoms with van der Waals surface area (Å²) in [6.07, 6.45) is 2.99. The summed E-state index contributed by atoms with van der Waals surface area (Å²) in [6.45, 7) is 0.0973. The maximum Gasteiger partial charge on any atom is 0.270 e. The van der Waals surface area contributed by atoms with E-state index in [-0.39, 0.29) is 17.8 Å². The number of non-ortho nitro benzene ring substituents is 1. The quantitative estimate of drug-likeness (QED) is 0.498. The second-order valence-electron chi connectivity index (χ2n) is 4.34. The Morgan fingerprint density at radius 2 is 2.24 bits per heavy atom. The van der Waals surface area contributed by atoms with Crippen molar-refractivity contribution >= 4 is 34.0 Å². The molecule has 1 fully saturated rings. The Kier molecular flexibility index (Phi) is 3.53. The van der Waals surface area contributed by atoms with Crippen LogP contribution in [0.2, 0.25) is 0 Å². The topological polar surface area (TPSA) is 75.4 Å². The third-order valence-corrected chi connectivity index (χ3v) is 4.07. The number of nitro groups is 1. The largest absolute Gasteiger partial charge is 0.394 e. The lowest BCUT2D eigenvalue weighted by Crippen LogP contribution is -2.48. The third kappa shape index (κ3) is 2.52. The van der Waals surface area contributed by atoms with Gasteiger partial charge in [0, 0.05) is 21.4 Å². The van der Waals surface area contributed by atoms with Gasteiger partial charge in [0.05, 0.1) is 17.1 Å². The molecule has 0 spiro atoms. The number of halogens is 1. The summed E-state index contributed by atoms with van der Waals surface area (Å²) in [6, 6.07) is 4.72. The predicted molar refractivity (Wildman–Crippen MR) is 73.1 cm³/mol. The third-order valence-electron chi connectivity index (χ3n) is 3.18. The van der Waals surface area contributed by atoms with Crippen molar-refractivity contribution in [3.05, 3.63) is 31.9 Å². The van der Waals surface area contributed by atoms with Crippen molar-refractivity contribution in [1.29, 1.82) is 0 Å². The Labute approximate surface area is 113 Å². The molecule has 0 aromatic heterocycles. The molecule has 1 aromatic rings. The van der Waals surface area contributed by atoms with Gasteiger partial charge < -0.3 is 10.4 Å². The highest BCUT2D eigenvalue weighted by molar-refractivity contribution is 14.1. The Hall–Kier alpha value is -0.890. The van der Waals surface area contributed by atoms with E-state index in [1.807, 2.05) is 0 Å². The van der Waals surface area contributed by atoms with Crippen LogP contribution >= 0.6 is 22.6 Å². The van der Waals surface area contributed by atoms with E-state index in [0.29, 0.717) is 0 Å². The number of hydrogen-bond acceptors (Lipinski definition) is 4. The van der Waals surface area contributed by atoms with Crippen molar-refractivity contribution in [3.63, 3.8) is 0 Å². The molecule has 1 aliphatic carbocycles. The fraction of sp³-hybridized carbons (Fsp3) is 0.455. The molecule has 0 bridgehead atoms. The van der Waals surface area contributed by atoms with Crippen molar-refractivity contribution in [1.82, 2.24) is 0 Å². The van der Waals surface area contributed by atoms with E-state index in [4.69, 9.17) is 0 Å². The number of aliphatic hydroxyl groups excluding tert-OH is 1.